The largest absolute Gasteiger partial charge is 0.490 e. The summed E-state index contributed by atoms with van der Waals surface area (Å²) in [6.45, 7) is 7.70. The van der Waals surface area contributed by atoms with E-state index in [1.807, 2.05) is 18.2 Å². The number of hydrogen-bond donors (Lipinski definition) is 4. The second kappa shape index (κ2) is 11.8. The first-order valence-electron chi connectivity index (χ1n) is 10.5. The van der Waals surface area contributed by atoms with Gasteiger partial charge in [-0.15, -0.1) is 11.3 Å². The van der Waals surface area contributed by atoms with Crippen LogP contribution in [0, 0.1) is 5.92 Å². The smallest absolute Gasteiger partial charge is 0.475 e. The third-order valence-corrected chi connectivity index (χ3v) is 5.88. The van der Waals surface area contributed by atoms with Crippen LogP contribution in [-0.4, -0.2) is 66.6 Å². The number of nitrogens with zero attached hydrogens (tertiary/aromatic N) is 1. The number of aliphatic carboxylic acids is 1. The van der Waals surface area contributed by atoms with Gasteiger partial charge in [0.15, 0.2) is 0 Å². The number of ketones is 1. The Hall–Kier alpha value is -3.12. The van der Waals surface area contributed by atoms with Crippen LogP contribution in [-0.2, 0) is 4.79 Å². The third kappa shape index (κ3) is 7.19. The van der Waals surface area contributed by atoms with E-state index in [2.05, 4.69) is 24.5 Å². The van der Waals surface area contributed by atoms with Crippen molar-refractivity contribution >= 4 is 39.7 Å². The number of piperazine rings is 1. The van der Waals surface area contributed by atoms with Gasteiger partial charge in [0.05, 0.1) is 11.3 Å². The van der Waals surface area contributed by atoms with Crippen LogP contribution in [0.5, 0.6) is 0 Å². The molecular weight excluding hydrogens is 473 g/mol. The predicted molar refractivity (Wildman–Crippen MR) is 124 cm³/mol. The number of halogens is 3. The van der Waals surface area contributed by atoms with E-state index in [9.17, 15) is 22.8 Å². The molecule has 1 aromatic carbocycles. The van der Waals surface area contributed by atoms with Crippen molar-refractivity contribution in [1.29, 1.82) is 0 Å². The van der Waals surface area contributed by atoms with Gasteiger partial charge in [0.2, 0.25) is 5.78 Å². The molecule has 2 aromatic rings. The number of carbonyl (C=O) groups is 3. The molecule has 0 unspecified atom stereocenters. The molecule has 1 saturated heterocycles. The number of nitrogens with two attached hydrogens (primary N) is 1. The highest BCUT2D eigenvalue weighted by atomic mass is 32.1. The summed E-state index contributed by atoms with van der Waals surface area (Å²) < 4.78 is 31.7. The summed E-state index contributed by atoms with van der Waals surface area (Å²) in [5.74, 6) is -2.61. The third-order valence-electron chi connectivity index (χ3n) is 4.72. The lowest BCUT2D eigenvalue weighted by molar-refractivity contribution is -0.192. The maximum Gasteiger partial charge on any atom is 0.490 e. The first kappa shape index (κ1) is 27.1. The van der Waals surface area contributed by atoms with Gasteiger partial charge in [0, 0.05) is 38.3 Å². The molecule has 0 aliphatic carbocycles. The van der Waals surface area contributed by atoms with Crippen LogP contribution < -0.4 is 16.4 Å². The molecule has 1 aromatic heterocycles. The Labute approximate surface area is 198 Å². The van der Waals surface area contributed by atoms with E-state index >= 15 is 0 Å². The van der Waals surface area contributed by atoms with Gasteiger partial charge in [-0.05, 0) is 5.92 Å². The molecule has 0 atom stereocenters. The van der Waals surface area contributed by atoms with Crippen LogP contribution in [0.2, 0.25) is 0 Å². The quantitative estimate of drug-likeness (QED) is 0.449. The lowest BCUT2D eigenvalue weighted by atomic mass is 10.1. The van der Waals surface area contributed by atoms with Crippen molar-refractivity contribution in [2.45, 2.75) is 20.0 Å². The number of nitrogens with one attached hydrogen (secondary N) is 2. The van der Waals surface area contributed by atoms with Gasteiger partial charge < -0.3 is 26.4 Å². The second-order valence-corrected chi connectivity index (χ2v) is 8.88. The summed E-state index contributed by atoms with van der Waals surface area (Å²) in [6.07, 6.45) is -5.08. The number of carbonyl (C=O) groups excluding carboxylic acids is 2. The Morgan fingerprint density at radius 2 is 1.74 bits per heavy atom. The highest BCUT2D eigenvalue weighted by molar-refractivity contribution is 7.19. The molecular formula is C22H27F3N4O4S. The number of rotatable bonds is 6. The fraction of sp³-hybridized carbons (Fsp3) is 0.409. The maximum absolute atomic E-state index is 13.1. The minimum atomic E-state index is -5.08. The number of carboxylic acid groups (broad SMARTS) is 1. The average molecular weight is 501 g/mol. The van der Waals surface area contributed by atoms with Crippen molar-refractivity contribution < 1.29 is 32.7 Å². The van der Waals surface area contributed by atoms with Crippen LogP contribution in [0.15, 0.2) is 30.3 Å². The first-order valence-corrected chi connectivity index (χ1v) is 11.3. The summed E-state index contributed by atoms with van der Waals surface area (Å²) in [5.41, 5.74) is 7.63. The van der Waals surface area contributed by atoms with E-state index in [0.717, 1.165) is 13.1 Å². The lowest BCUT2D eigenvalue weighted by Gasteiger charge is -2.27. The lowest BCUT2D eigenvalue weighted by Crippen LogP contribution is -2.46. The van der Waals surface area contributed by atoms with E-state index in [1.165, 1.54) is 11.3 Å². The van der Waals surface area contributed by atoms with Crippen LogP contribution >= 0.6 is 11.3 Å². The van der Waals surface area contributed by atoms with Gasteiger partial charge >= 0.3 is 12.1 Å². The molecule has 1 aliphatic rings. The second-order valence-electron chi connectivity index (χ2n) is 7.86. The van der Waals surface area contributed by atoms with Gasteiger partial charge in [-0.1, -0.05) is 44.2 Å². The van der Waals surface area contributed by atoms with Gasteiger partial charge in [-0.3, -0.25) is 9.59 Å². The van der Waals surface area contributed by atoms with E-state index in [0.29, 0.717) is 46.6 Å². The number of hydrogen-bond acceptors (Lipinski definition) is 7. The topological polar surface area (TPSA) is 125 Å². The Morgan fingerprint density at radius 1 is 1.18 bits per heavy atom. The summed E-state index contributed by atoms with van der Waals surface area (Å²) in [7, 11) is 0. The molecule has 186 valence electrons. The highest BCUT2D eigenvalue weighted by Gasteiger charge is 2.38. The Bertz CT molecular complexity index is 1000. The van der Waals surface area contributed by atoms with Crippen LogP contribution in [0.3, 0.4) is 0 Å². The minimum absolute atomic E-state index is 0.108. The molecule has 0 saturated carbocycles. The van der Waals surface area contributed by atoms with Crippen molar-refractivity contribution in [2.24, 2.45) is 5.92 Å². The molecule has 0 radical (unpaired) electrons. The Balaban J connectivity index is 0.000000509. The number of alkyl halides is 3. The van der Waals surface area contributed by atoms with Gasteiger partial charge in [0.1, 0.15) is 9.88 Å². The number of thiophene rings is 1. The summed E-state index contributed by atoms with van der Waals surface area (Å²) in [6, 6.07) is 9.04. The Morgan fingerprint density at radius 3 is 2.24 bits per heavy atom. The maximum atomic E-state index is 13.1. The minimum Gasteiger partial charge on any atom is -0.475 e. The SMILES string of the molecule is CC(C)CNc1sc(C(=O)c2ccccc2)c(N)c1C(=O)N1CCNCC1.O=C(O)C(F)(F)F. The molecule has 3 rings (SSSR count). The van der Waals surface area contributed by atoms with Gasteiger partial charge in [0.25, 0.3) is 5.91 Å². The first-order chi connectivity index (χ1) is 15.9. The van der Waals surface area contributed by atoms with Crippen molar-refractivity contribution in [3.05, 3.63) is 46.3 Å². The number of carboxylic acids is 1. The fourth-order valence-corrected chi connectivity index (χ4v) is 4.07. The molecule has 2 heterocycles. The fourth-order valence-electron chi connectivity index (χ4n) is 2.99. The van der Waals surface area contributed by atoms with Crippen LogP contribution in [0.4, 0.5) is 23.9 Å². The van der Waals surface area contributed by atoms with Crippen LogP contribution in [0.25, 0.3) is 0 Å². The molecule has 8 nitrogen and oxygen atoms in total. The van der Waals surface area contributed by atoms with E-state index in [1.54, 1.807) is 17.0 Å². The predicted octanol–water partition coefficient (Wildman–Crippen LogP) is 3.31. The van der Waals surface area contributed by atoms with E-state index < -0.39 is 12.1 Å². The molecule has 5 N–H and O–H groups in total. The van der Waals surface area contributed by atoms with Gasteiger partial charge in [-0.2, -0.15) is 13.2 Å². The molecule has 0 bridgehead atoms. The molecule has 34 heavy (non-hydrogen) atoms. The highest BCUT2D eigenvalue weighted by Crippen LogP contribution is 2.38. The van der Waals surface area contributed by atoms with E-state index in [-0.39, 0.29) is 17.4 Å². The normalized spacial score (nSPS) is 13.8. The van der Waals surface area contributed by atoms with Crippen molar-refractivity contribution in [1.82, 2.24) is 10.2 Å². The summed E-state index contributed by atoms with van der Waals surface area (Å²) >= 11 is 1.27. The molecule has 1 amide bonds. The zero-order valence-electron chi connectivity index (χ0n) is 18.7. The van der Waals surface area contributed by atoms with Crippen molar-refractivity contribution in [2.75, 3.05) is 43.8 Å². The Kier molecular flexibility index (Phi) is 9.45. The van der Waals surface area contributed by atoms with Crippen molar-refractivity contribution in [3.8, 4) is 0 Å². The molecule has 1 aliphatic heterocycles. The average Bonchev–Trinajstić information content (AvgIpc) is 3.13. The number of anilines is 2. The standard InChI is InChI=1S/C20H26N4O2S.C2HF3O2/c1-13(2)12-23-19-15(20(26)24-10-8-22-9-11-24)16(21)18(27-19)17(25)14-6-4-3-5-7-14;3-2(4,5)1(6)7/h3-7,13,22-23H,8-12,21H2,1-2H3;(H,6,7). The summed E-state index contributed by atoms with van der Waals surface area (Å²) in [5, 5.41) is 14.4. The molecule has 0 spiro atoms. The number of nitrogen functional groups attached to an aromatic ring is 1. The molecule has 12 heteroatoms. The summed E-state index contributed by atoms with van der Waals surface area (Å²) in [4.78, 5) is 37.2. The number of amides is 1. The van der Waals surface area contributed by atoms with Crippen LogP contribution in [0.1, 0.15) is 39.4 Å². The van der Waals surface area contributed by atoms with Crippen molar-refractivity contribution in [3.63, 3.8) is 0 Å². The van der Waals surface area contributed by atoms with E-state index in [4.69, 9.17) is 15.6 Å². The zero-order chi connectivity index (χ0) is 25.5. The number of benzene rings is 1. The van der Waals surface area contributed by atoms with Gasteiger partial charge in [-0.25, -0.2) is 4.79 Å². The molecule has 1 fully saturated rings. The monoisotopic (exact) mass is 500 g/mol. The zero-order valence-corrected chi connectivity index (χ0v) is 19.6.